The molecule has 2 rings (SSSR count). The van der Waals surface area contributed by atoms with Crippen molar-refractivity contribution in [2.45, 2.75) is 17.7 Å². The molecular formula is C15H21ClN2OS2. The molecule has 1 aliphatic heterocycles. The second-order valence-electron chi connectivity index (χ2n) is 5.17. The highest BCUT2D eigenvalue weighted by Gasteiger charge is 2.20. The minimum absolute atomic E-state index is 0.255. The Morgan fingerprint density at radius 3 is 2.90 bits per heavy atom. The van der Waals surface area contributed by atoms with Gasteiger partial charge in [-0.3, -0.25) is 0 Å². The molecule has 6 heteroatoms. The van der Waals surface area contributed by atoms with Crippen molar-refractivity contribution < 1.29 is 5.11 Å². The minimum atomic E-state index is 0.255. The van der Waals surface area contributed by atoms with E-state index in [-0.39, 0.29) is 6.61 Å². The van der Waals surface area contributed by atoms with Crippen LogP contribution in [0.3, 0.4) is 0 Å². The zero-order chi connectivity index (χ0) is 15.1. The number of piperidine rings is 1. The molecule has 1 aromatic carbocycles. The molecule has 0 aliphatic carbocycles. The molecule has 1 heterocycles. The van der Waals surface area contributed by atoms with Crippen LogP contribution in [0, 0.1) is 5.92 Å². The molecule has 1 aliphatic rings. The number of aliphatic hydroxyl groups excluding tert-OH is 1. The van der Waals surface area contributed by atoms with Gasteiger partial charge in [-0.15, -0.1) is 11.8 Å². The molecule has 0 bridgehead atoms. The number of rotatable bonds is 5. The summed E-state index contributed by atoms with van der Waals surface area (Å²) in [5, 5.41) is 14.1. The SMILES string of the molecule is OC[C@@H]1CCCN(C(=S)NCCSc2ccc(Cl)cc2)C1. The largest absolute Gasteiger partial charge is 0.396 e. The van der Waals surface area contributed by atoms with Crippen LogP contribution in [-0.4, -0.2) is 47.1 Å². The monoisotopic (exact) mass is 344 g/mol. The number of halogens is 1. The van der Waals surface area contributed by atoms with Crippen molar-refractivity contribution in [1.29, 1.82) is 0 Å². The van der Waals surface area contributed by atoms with Crippen LogP contribution in [-0.2, 0) is 0 Å². The molecule has 0 saturated carbocycles. The highest BCUT2D eigenvalue weighted by atomic mass is 35.5. The lowest BCUT2D eigenvalue weighted by Gasteiger charge is -2.33. The number of likely N-dealkylation sites (tertiary alicyclic amines) is 1. The normalized spacial score (nSPS) is 18.6. The summed E-state index contributed by atoms with van der Waals surface area (Å²) in [6.45, 7) is 2.96. The molecule has 1 aromatic rings. The first-order valence-corrected chi connectivity index (χ1v) is 8.98. The van der Waals surface area contributed by atoms with Gasteiger partial charge in [-0.2, -0.15) is 0 Å². The summed E-state index contributed by atoms with van der Waals surface area (Å²) in [7, 11) is 0. The molecule has 1 saturated heterocycles. The summed E-state index contributed by atoms with van der Waals surface area (Å²) < 4.78 is 0. The van der Waals surface area contributed by atoms with Gasteiger partial charge in [-0.05, 0) is 55.2 Å². The number of nitrogens with one attached hydrogen (secondary N) is 1. The van der Waals surface area contributed by atoms with Gasteiger partial charge < -0.3 is 15.3 Å². The van der Waals surface area contributed by atoms with Gasteiger partial charge in [-0.25, -0.2) is 0 Å². The van der Waals surface area contributed by atoms with Crippen molar-refractivity contribution in [3.8, 4) is 0 Å². The summed E-state index contributed by atoms with van der Waals surface area (Å²) in [5.74, 6) is 1.32. The van der Waals surface area contributed by atoms with E-state index in [0.717, 1.165) is 48.4 Å². The zero-order valence-electron chi connectivity index (χ0n) is 11.9. The fraction of sp³-hybridized carbons (Fsp3) is 0.533. The number of benzene rings is 1. The maximum absolute atomic E-state index is 9.25. The number of nitrogens with zero attached hydrogens (tertiary/aromatic N) is 1. The van der Waals surface area contributed by atoms with Crippen molar-refractivity contribution in [3.05, 3.63) is 29.3 Å². The van der Waals surface area contributed by atoms with Crippen LogP contribution < -0.4 is 5.32 Å². The summed E-state index contributed by atoms with van der Waals surface area (Å²) in [5.41, 5.74) is 0. The Morgan fingerprint density at radius 2 is 2.19 bits per heavy atom. The molecule has 0 unspecified atom stereocenters. The van der Waals surface area contributed by atoms with E-state index in [1.807, 2.05) is 24.3 Å². The van der Waals surface area contributed by atoms with Gasteiger partial charge in [-0.1, -0.05) is 11.6 Å². The van der Waals surface area contributed by atoms with Gasteiger partial charge in [0, 0.05) is 41.9 Å². The Kier molecular flexibility index (Phi) is 7.10. The Bertz CT molecular complexity index is 455. The van der Waals surface area contributed by atoms with Crippen LogP contribution in [0.4, 0.5) is 0 Å². The van der Waals surface area contributed by atoms with Gasteiger partial charge in [0.1, 0.15) is 0 Å². The second kappa shape index (κ2) is 8.83. The maximum atomic E-state index is 9.25. The summed E-state index contributed by atoms with van der Waals surface area (Å²) in [6, 6.07) is 7.87. The number of hydrogen-bond donors (Lipinski definition) is 2. The van der Waals surface area contributed by atoms with E-state index in [1.54, 1.807) is 11.8 Å². The third-order valence-electron chi connectivity index (χ3n) is 3.53. The molecule has 3 nitrogen and oxygen atoms in total. The van der Waals surface area contributed by atoms with E-state index >= 15 is 0 Å². The first-order valence-electron chi connectivity index (χ1n) is 7.21. The topological polar surface area (TPSA) is 35.5 Å². The van der Waals surface area contributed by atoms with E-state index in [1.165, 1.54) is 4.90 Å². The summed E-state index contributed by atoms with van der Waals surface area (Å²) in [4.78, 5) is 3.39. The zero-order valence-corrected chi connectivity index (χ0v) is 14.3. The van der Waals surface area contributed by atoms with Gasteiger partial charge in [0.15, 0.2) is 5.11 Å². The predicted molar refractivity (Wildman–Crippen MR) is 94.2 cm³/mol. The van der Waals surface area contributed by atoms with Crippen molar-refractivity contribution in [2.24, 2.45) is 5.92 Å². The van der Waals surface area contributed by atoms with Crippen LogP contribution >= 0.6 is 35.6 Å². The molecule has 21 heavy (non-hydrogen) atoms. The lowest BCUT2D eigenvalue weighted by atomic mass is 9.99. The van der Waals surface area contributed by atoms with Gasteiger partial charge in [0.2, 0.25) is 0 Å². The van der Waals surface area contributed by atoms with Gasteiger partial charge in [0.05, 0.1) is 0 Å². The van der Waals surface area contributed by atoms with Crippen molar-refractivity contribution in [1.82, 2.24) is 10.2 Å². The van der Waals surface area contributed by atoms with E-state index < -0.39 is 0 Å². The van der Waals surface area contributed by atoms with Gasteiger partial charge >= 0.3 is 0 Å². The summed E-state index contributed by atoms with van der Waals surface area (Å²) >= 11 is 13.1. The highest BCUT2D eigenvalue weighted by Crippen LogP contribution is 2.20. The van der Waals surface area contributed by atoms with Crippen LogP contribution in [0.2, 0.25) is 5.02 Å². The quantitative estimate of drug-likeness (QED) is 0.488. The smallest absolute Gasteiger partial charge is 0.168 e. The molecule has 0 amide bonds. The second-order valence-corrected chi connectivity index (χ2v) is 7.16. The first-order chi connectivity index (χ1) is 10.2. The average molecular weight is 345 g/mol. The fourth-order valence-electron chi connectivity index (χ4n) is 2.37. The lowest BCUT2D eigenvalue weighted by Crippen LogP contribution is -2.46. The minimum Gasteiger partial charge on any atom is -0.396 e. The van der Waals surface area contributed by atoms with E-state index in [2.05, 4.69) is 10.2 Å². The fourth-order valence-corrected chi connectivity index (χ4v) is 3.53. The Balaban J connectivity index is 1.66. The molecule has 116 valence electrons. The van der Waals surface area contributed by atoms with Crippen LogP contribution in [0.5, 0.6) is 0 Å². The van der Waals surface area contributed by atoms with Crippen LogP contribution in [0.25, 0.3) is 0 Å². The Hall–Kier alpha value is -0.490. The predicted octanol–water partition coefficient (Wildman–Crippen LogP) is 3.01. The number of thiocarbonyl (C=S) groups is 1. The van der Waals surface area contributed by atoms with E-state index in [9.17, 15) is 5.11 Å². The highest BCUT2D eigenvalue weighted by molar-refractivity contribution is 7.99. The lowest BCUT2D eigenvalue weighted by molar-refractivity contribution is 0.160. The van der Waals surface area contributed by atoms with Crippen LogP contribution in [0.1, 0.15) is 12.8 Å². The van der Waals surface area contributed by atoms with E-state index in [0.29, 0.717) is 5.92 Å². The van der Waals surface area contributed by atoms with Crippen LogP contribution in [0.15, 0.2) is 29.2 Å². The van der Waals surface area contributed by atoms with Crippen molar-refractivity contribution >= 4 is 40.7 Å². The maximum Gasteiger partial charge on any atom is 0.168 e. The Morgan fingerprint density at radius 1 is 1.43 bits per heavy atom. The molecule has 2 N–H and O–H groups in total. The molecule has 0 spiro atoms. The molecular weight excluding hydrogens is 324 g/mol. The number of aliphatic hydroxyl groups is 1. The number of thioether (sulfide) groups is 1. The molecule has 0 aromatic heterocycles. The van der Waals surface area contributed by atoms with Crippen molar-refractivity contribution in [2.75, 3.05) is 32.0 Å². The molecule has 1 fully saturated rings. The molecule has 0 radical (unpaired) electrons. The number of hydrogen-bond acceptors (Lipinski definition) is 3. The average Bonchev–Trinajstić information content (AvgIpc) is 2.53. The third-order valence-corrected chi connectivity index (χ3v) is 5.19. The first kappa shape index (κ1) is 16.9. The van der Waals surface area contributed by atoms with Gasteiger partial charge in [0.25, 0.3) is 0 Å². The van der Waals surface area contributed by atoms with E-state index in [4.69, 9.17) is 23.8 Å². The Labute approximate surface area is 141 Å². The van der Waals surface area contributed by atoms with Crippen molar-refractivity contribution in [3.63, 3.8) is 0 Å². The standard InChI is InChI=1S/C15H21ClN2OS2/c16-13-3-5-14(6-4-13)21-9-7-17-15(20)18-8-1-2-12(10-18)11-19/h3-6,12,19H,1-2,7-11H2,(H,17,20)/t12-/m1/s1. The third kappa shape index (κ3) is 5.66. The molecule has 1 atom stereocenters. The summed E-state index contributed by atoms with van der Waals surface area (Å²) in [6.07, 6.45) is 2.20.